The van der Waals surface area contributed by atoms with Crippen molar-refractivity contribution in [2.24, 2.45) is 5.41 Å². The highest BCUT2D eigenvalue weighted by Gasteiger charge is 2.28. The Morgan fingerprint density at radius 2 is 1.84 bits per heavy atom. The highest BCUT2D eigenvalue weighted by Crippen LogP contribution is 2.40. The minimum absolute atomic E-state index is 0.145. The first kappa shape index (κ1) is 28.3. The first-order valence-corrected chi connectivity index (χ1v) is 13.9. The summed E-state index contributed by atoms with van der Waals surface area (Å²) in [5.74, 6) is 0.703. The van der Waals surface area contributed by atoms with Crippen molar-refractivity contribution in [1.29, 1.82) is 0 Å². The molecule has 4 rings (SSSR count). The first-order chi connectivity index (χ1) is 18.2. The predicted molar refractivity (Wildman–Crippen MR) is 154 cm³/mol. The van der Waals surface area contributed by atoms with Gasteiger partial charge in [-0.3, -0.25) is 4.79 Å². The van der Waals surface area contributed by atoms with Gasteiger partial charge >= 0.3 is 5.97 Å². The summed E-state index contributed by atoms with van der Waals surface area (Å²) < 4.78 is 17.8. The van der Waals surface area contributed by atoms with E-state index in [1.165, 1.54) is 0 Å². The molecular formula is C31H39ClN2O4. The Morgan fingerprint density at radius 3 is 2.50 bits per heavy atom. The smallest absolute Gasteiger partial charge is 0.311 e. The molecule has 1 aliphatic heterocycles. The van der Waals surface area contributed by atoms with Gasteiger partial charge < -0.3 is 19.1 Å². The monoisotopic (exact) mass is 538 g/mol. The molecule has 1 saturated heterocycles. The molecular weight excluding hydrogens is 500 g/mol. The van der Waals surface area contributed by atoms with Gasteiger partial charge in [0.25, 0.3) is 0 Å². The average Bonchev–Trinajstić information content (AvgIpc) is 2.90. The van der Waals surface area contributed by atoms with E-state index < -0.39 is 11.5 Å². The van der Waals surface area contributed by atoms with Gasteiger partial charge in [-0.05, 0) is 86.7 Å². The SMILES string of the molecule is CCCCOC(COC(=O)C(C)(C)C)c1c(C)cc2nc(N3CCOCC3)ccc2c1-c1ccc(Cl)cc1. The van der Waals surface area contributed by atoms with Crippen LogP contribution in [-0.2, 0) is 19.0 Å². The first-order valence-electron chi connectivity index (χ1n) is 13.5. The van der Waals surface area contributed by atoms with E-state index in [9.17, 15) is 4.79 Å². The summed E-state index contributed by atoms with van der Waals surface area (Å²) in [7, 11) is 0. The van der Waals surface area contributed by atoms with Gasteiger partial charge in [0.15, 0.2) is 0 Å². The van der Waals surface area contributed by atoms with Gasteiger partial charge in [-0.2, -0.15) is 0 Å². The van der Waals surface area contributed by atoms with E-state index in [0.29, 0.717) is 24.8 Å². The van der Waals surface area contributed by atoms with Crippen molar-refractivity contribution in [3.8, 4) is 11.1 Å². The number of esters is 1. The standard InChI is InChI=1S/C31H39ClN2O4/c1-6-7-16-37-26(20-38-30(35)31(3,4)5)28-21(2)19-25-24(29(28)22-8-10-23(32)11-9-22)12-13-27(33-25)34-14-17-36-18-15-34/h8-13,19,26H,6-7,14-18,20H2,1-5H3. The number of unbranched alkanes of at least 4 members (excludes halogenated alkanes) is 1. The van der Waals surface area contributed by atoms with Crippen molar-refractivity contribution in [1.82, 2.24) is 4.98 Å². The van der Waals surface area contributed by atoms with E-state index in [1.807, 2.05) is 45.0 Å². The summed E-state index contributed by atoms with van der Waals surface area (Å²) in [6.45, 7) is 13.6. The third-order valence-electron chi connectivity index (χ3n) is 6.81. The summed E-state index contributed by atoms with van der Waals surface area (Å²) in [5, 5.41) is 1.70. The molecule has 1 aliphatic rings. The molecule has 0 amide bonds. The van der Waals surface area contributed by atoms with Gasteiger partial charge in [-0.25, -0.2) is 4.98 Å². The summed E-state index contributed by atoms with van der Waals surface area (Å²) in [6, 6.07) is 14.2. The topological polar surface area (TPSA) is 60.9 Å². The molecule has 204 valence electrons. The molecule has 0 saturated carbocycles. The molecule has 1 atom stereocenters. The van der Waals surface area contributed by atoms with Crippen LogP contribution >= 0.6 is 11.6 Å². The fraction of sp³-hybridized carbons (Fsp3) is 0.484. The Balaban J connectivity index is 1.84. The molecule has 6 nitrogen and oxygen atoms in total. The maximum atomic E-state index is 12.7. The molecule has 2 heterocycles. The van der Waals surface area contributed by atoms with Crippen molar-refractivity contribution in [2.75, 3.05) is 44.4 Å². The van der Waals surface area contributed by atoms with E-state index in [4.69, 9.17) is 30.8 Å². The van der Waals surface area contributed by atoms with E-state index in [2.05, 4.69) is 36.9 Å². The van der Waals surface area contributed by atoms with Crippen LogP contribution in [0.4, 0.5) is 5.82 Å². The molecule has 0 spiro atoms. The van der Waals surface area contributed by atoms with Crippen LogP contribution in [0.5, 0.6) is 0 Å². The normalized spacial score (nSPS) is 15.1. The molecule has 0 radical (unpaired) electrons. The van der Waals surface area contributed by atoms with Gasteiger partial charge in [0.2, 0.25) is 0 Å². The van der Waals surface area contributed by atoms with E-state index >= 15 is 0 Å². The van der Waals surface area contributed by atoms with Crippen LogP contribution in [0.15, 0.2) is 42.5 Å². The molecule has 0 aliphatic carbocycles. The second-order valence-corrected chi connectivity index (χ2v) is 11.3. The van der Waals surface area contributed by atoms with Crippen molar-refractivity contribution >= 4 is 34.3 Å². The maximum Gasteiger partial charge on any atom is 0.311 e. The molecule has 1 unspecified atom stereocenters. The molecule has 0 N–H and O–H groups in total. The Kier molecular flexibility index (Phi) is 9.29. The number of hydrogen-bond donors (Lipinski definition) is 0. The number of hydrogen-bond acceptors (Lipinski definition) is 6. The Morgan fingerprint density at radius 1 is 1.13 bits per heavy atom. The third-order valence-corrected chi connectivity index (χ3v) is 7.06. The lowest BCUT2D eigenvalue weighted by atomic mass is 9.88. The van der Waals surface area contributed by atoms with Gasteiger partial charge in [-0.1, -0.05) is 37.1 Å². The van der Waals surface area contributed by atoms with Gasteiger partial charge in [-0.15, -0.1) is 0 Å². The minimum Gasteiger partial charge on any atom is -0.462 e. The van der Waals surface area contributed by atoms with E-state index in [-0.39, 0.29) is 12.6 Å². The van der Waals surface area contributed by atoms with Crippen LogP contribution in [0.3, 0.4) is 0 Å². The Hall–Kier alpha value is -2.67. The lowest BCUT2D eigenvalue weighted by Crippen LogP contribution is -2.36. The molecule has 38 heavy (non-hydrogen) atoms. The number of anilines is 1. The van der Waals surface area contributed by atoms with E-state index in [1.54, 1.807) is 0 Å². The van der Waals surface area contributed by atoms with Crippen LogP contribution in [0.25, 0.3) is 22.0 Å². The zero-order valence-corrected chi connectivity index (χ0v) is 23.9. The van der Waals surface area contributed by atoms with Crippen LogP contribution in [0, 0.1) is 12.3 Å². The number of ether oxygens (including phenoxy) is 3. The molecule has 3 aromatic rings. The quantitative estimate of drug-likeness (QED) is 0.213. The summed E-state index contributed by atoms with van der Waals surface area (Å²) in [5.41, 5.74) is 4.43. The second kappa shape index (κ2) is 12.5. The van der Waals surface area contributed by atoms with E-state index in [0.717, 1.165) is 64.9 Å². The van der Waals surface area contributed by atoms with Crippen LogP contribution in [-0.4, -0.2) is 50.5 Å². The maximum absolute atomic E-state index is 12.7. The molecule has 0 bridgehead atoms. The number of halogens is 1. The van der Waals surface area contributed by atoms with Crippen molar-refractivity contribution in [2.45, 2.75) is 53.6 Å². The number of carbonyl (C=O) groups is 1. The third kappa shape index (κ3) is 6.66. The van der Waals surface area contributed by atoms with Gasteiger partial charge in [0.05, 0.1) is 24.1 Å². The molecule has 1 fully saturated rings. The van der Waals surface area contributed by atoms with Crippen LogP contribution < -0.4 is 4.90 Å². The second-order valence-electron chi connectivity index (χ2n) is 10.9. The zero-order valence-electron chi connectivity index (χ0n) is 23.2. The number of aromatic nitrogens is 1. The number of benzene rings is 2. The molecule has 1 aromatic heterocycles. The zero-order chi connectivity index (χ0) is 27.3. The van der Waals surface area contributed by atoms with Crippen LogP contribution in [0.2, 0.25) is 5.02 Å². The summed E-state index contributed by atoms with van der Waals surface area (Å²) in [6.07, 6.45) is 1.53. The number of rotatable bonds is 9. The fourth-order valence-corrected chi connectivity index (χ4v) is 4.80. The number of fused-ring (bicyclic) bond motifs is 1. The summed E-state index contributed by atoms with van der Waals surface area (Å²) >= 11 is 6.26. The van der Waals surface area contributed by atoms with Gasteiger partial charge in [0, 0.05) is 30.1 Å². The average molecular weight is 539 g/mol. The number of nitrogens with zero attached hydrogens (tertiary/aromatic N) is 2. The van der Waals surface area contributed by atoms with Gasteiger partial charge in [0.1, 0.15) is 18.5 Å². The minimum atomic E-state index is -0.592. The molecule has 7 heteroatoms. The largest absolute Gasteiger partial charge is 0.462 e. The highest BCUT2D eigenvalue weighted by atomic mass is 35.5. The number of aryl methyl sites for hydroxylation is 1. The summed E-state index contributed by atoms with van der Waals surface area (Å²) in [4.78, 5) is 20.0. The number of morpholine rings is 1. The predicted octanol–water partition coefficient (Wildman–Crippen LogP) is 7.15. The Labute approximate surface area is 231 Å². The van der Waals surface area contributed by atoms with Crippen molar-refractivity contribution in [3.63, 3.8) is 0 Å². The number of carbonyl (C=O) groups excluding carboxylic acids is 1. The lowest BCUT2D eigenvalue weighted by molar-refractivity contribution is -0.157. The Bertz CT molecular complexity index is 1250. The molecule has 2 aromatic carbocycles. The van der Waals surface area contributed by atoms with Crippen LogP contribution in [0.1, 0.15) is 57.8 Å². The number of pyridine rings is 1. The highest BCUT2D eigenvalue weighted by molar-refractivity contribution is 6.30. The lowest BCUT2D eigenvalue weighted by Gasteiger charge is -2.29. The fourth-order valence-electron chi connectivity index (χ4n) is 4.67. The van der Waals surface area contributed by atoms with Crippen molar-refractivity contribution in [3.05, 3.63) is 58.6 Å². The van der Waals surface area contributed by atoms with Crippen molar-refractivity contribution < 1.29 is 19.0 Å².